The molecule has 1 aliphatic rings. The monoisotopic (exact) mass is 208 g/mol. The van der Waals surface area contributed by atoms with E-state index in [2.05, 4.69) is 0 Å². The van der Waals surface area contributed by atoms with Gasteiger partial charge in [-0.05, 0) is 0 Å². The molecular formula is C6H10Cu2. The summed E-state index contributed by atoms with van der Waals surface area (Å²) in [6.07, 6.45) is 4.94. The molecule has 8 heavy (non-hydrogen) atoms. The van der Waals surface area contributed by atoms with Crippen molar-refractivity contribution in [2.24, 2.45) is 0 Å². The van der Waals surface area contributed by atoms with Gasteiger partial charge in [0.15, 0.2) is 0 Å². The summed E-state index contributed by atoms with van der Waals surface area (Å²) >= 11 is 10.5. The van der Waals surface area contributed by atoms with E-state index in [9.17, 15) is 0 Å². The van der Waals surface area contributed by atoms with Gasteiger partial charge < -0.3 is 0 Å². The molecule has 56 valence electrons. The first-order valence-corrected chi connectivity index (χ1v) is 4.09. The Morgan fingerprint density at radius 3 is 1.50 bits per heavy atom. The molecule has 0 spiro atoms. The van der Waals surface area contributed by atoms with Crippen LogP contribution in [0.15, 0.2) is 0 Å². The molecule has 2 atom stereocenters. The van der Waals surface area contributed by atoms with Crippen molar-refractivity contribution in [1.29, 1.82) is 0 Å². The van der Waals surface area contributed by atoms with Crippen LogP contribution in [0.5, 0.6) is 0 Å². The van der Waals surface area contributed by atoms with Gasteiger partial charge in [0, 0.05) is 0 Å². The molecule has 2 heteroatoms. The summed E-state index contributed by atoms with van der Waals surface area (Å²) in [4.78, 5) is 0.743. The molecule has 0 amide bonds. The molecule has 0 N–H and O–H groups in total. The zero-order valence-corrected chi connectivity index (χ0v) is 6.47. The van der Waals surface area contributed by atoms with Crippen LogP contribution in [-0.2, 0) is 32.0 Å². The van der Waals surface area contributed by atoms with Crippen LogP contribution in [0.4, 0.5) is 0 Å². The molecule has 1 fully saturated rings. The normalized spacial score (nSPS) is 40.0. The maximum atomic E-state index is 5.24. The quantitative estimate of drug-likeness (QED) is 0.537. The van der Waals surface area contributed by atoms with Crippen molar-refractivity contribution in [3.63, 3.8) is 0 Å². The van der Waals surface area contributed by atoms with Crippen LogP contribution in [0.25, 0.3) is 0 Å². The second kappa shape index (κ2) is 3.27. The number of hydrogen-bond acceptors (Lipinski definition) is 0. The molecular weight excluding hydrogens is 199 g/mol. The fourth-order valence-electron chi connectivity index (χ4n) is 0.984. The van der Waals surface area contributed by atoms with Gasteiger partial charge in [-0.25, -0.2) is 0 Å². The summed E-state index contributed by atoms with van der Waals surface area (Å²) in [6, 6.07) is 0. The SMILES string of the molecule is [Cu][CH]1CCCC[CH]1[Cu]. The van der Waals surface area contributed by atoms with Crippen molar-refractivity contribution in [3.8, 4) is 0 Å². The average molecular weight is 209 g/mol. The Bertz CT molecular complexity index is 62.9. The topological polar surface area (TPSA) is 0 Å². The van der Waals surface area contributed by atoms with Crippen LogP contribution in [0.1, 0.15) is 25.7 Å². The van der Waals surface area contributed by atoms with Gasteiger partial charge in [-0.3, -0.25) is 0 Å². The molecule has 0 bridgehead atoms. The van der Waals surface area contributed by atoms with Crippen LogP contribution in [0.2, 0.25) is 9.63 Å². The molecule has 1 rings (SSSR count). The summed E-state index contributed by atoms with van der Waals surface area (Å²) in [5, 5.41) is 0. The fraction of sp³-hybridized carbons (Fsp3) is 1.00. The van der Waals surface area contributed by atoms with Gasteiger partial charge in [-0.1, -0.05) is 0 Å². The molecule has 0 radical (unpaired) electrons. The number of rotatable bonds is 0. The van der Waals surface area contributed by atoms with Gasteiger partial charge in [0.25, 0.3) is 0 Å². The van der Waals surface area contributed by atoms with Crippen molar-refractivity contribution in [2.45, 2.75) is 35.3 Å². The van der Waals surface area contributed by atoms with E-state index >= 15 is 0 Å². The van der Waals surface area contributed by atoms with E-state index in [1.807, 2.05) is 0 Å². The van der Waals surface area contributed by atoms with Crippen molar-refractivity contribution in [1.82, 2.24) is 0 Å². The van der Waals surface area contributed by atoms with Gasteiger partial charge in [-0.2, -0.15) is 0 Å². The van der Waals surface area contributed by atoms with Crippen LogP contribution in [0.3, 0.4) is 0 Å². The first-order valence-electron chi connectivity index (χ1n) is 3.00. The molecule has 0 saturated heterocycles. The van der Waals surface area contributed by atoms with E-state index in [1.165, 1.54) is 25.7 Å². The average Bonchev–Trinajstić information content (AvgIpc) is 1.77. The van der Waals surface area contributed by atoms with Crippen molar-refractivity contribution in [3.05, 3.63) is 0 Å². The molecule has 0 aromatic heterocycles. The summed E-state index contributed by atoms with van der Waals surface area (Å²) in [6.45, 7) is 0. The third kappa shape index (κ3) is 1.77. The zero-order chi connectivity index (χ0) is 5.98. The Labute approximate surface area is 67.4 Å². The van der Waals surface area contributed by atoms with E-state index < -0.39 is 0 Å². The molecule has 0 heterocycles. The van der Waals surface area contributed by atoms with Gasteiger partial charge >= 0.3 is 67.3 Å². The standard InChI is InChI=1S/C6H10.2Cu/c1-2-4-6-5-3-1;;/h1-2H,3-6H2;;. The van der Waals surface area contributed by atoms with E-state index in [0.717, 1.165) is 0 Å². The third-order valence-corrected chi connectivity index (χ3v) is 2.98. The Kier molecular flexibility index (Phi) is 2.92. The molecule has 1 saturated carbocycles. The molecule has 0 aromatic carbocycles. The second-order valence-electron chi connectivity index (χ2n) is 2.20. The Hall–Kier alpha value is 1.04. The molecule has 0 aromatic rings. The predicted molar refractivity (Wildman–Crippen MR) is 26.0 cm³/mol. The summed E-state index contributed by atoms with van der Waals surface area (Å²) in [5.74, 6) is 0. The molecule has 0 nitrogen and oxygen atoms in total. The Morgan fingerprint density at radius 1 is 0.875 bits per heavy atom. The van der Waals surface area contributed by atoms with E-state index in [4.69, 9.17) is 32.0 Å². The number of hydrogen-bond donors (Lipinski definition) is 0. The van der Waals surface area contributed by atoms with Crippen molar-refractivity contribution >= 4 is 0 Å². The first kappa shape index (κ1) is 7.15. The van der Waals surface area contributed by atoms with Crippen LogP contribution >= 0.6 is 0 Å². The third-order valence-electron chi connectivity index (χ3n) is 1.50. The van der Waals surface area contributed by atoms with Gasteiger partial charge in [0.05, 0.1) is 0 Å². The molecule has 2 unspecified atom stereocenters. The van der Waals surface area contributed by atoms with Gasteiger partial charge in [-0.15, -0.1) is 0 Å². The van der Waals surface area contributed by atoms with E-state index in [1.54, 1.807) is 0 Å². The Morgan fingerprint density at radius 2 is 1.25 bits per heavy atom. The first-order chi connectivity index (χ1) is 3.80. The second-order valence-corrected chi connectivity index (χ2v) is 3.60. The zero-order valence-electron chi connectivity index (χ0n) is 4.59. The van der Waals surface area contributed by atoms with E-state index in [0.29, 0.717) is 9.63 Å². The van der Waals surface area contributed by atoms with Crippen molar-refractivity contribution in [2.75, 3.05) is 0 Å². The minimum atomic E-state index is 0.372. The minimum absolute atomic E-state index is 0.372. The van der Waals surface area contributed by atoms with Crippen molar-refractivity contribution < 1.29 is 32.0 Å². The molecule has 0 aliphatic heterocycles. The summed E-state index contributed by atoms with van der Waals surface area (Å²) in [7, 11) is 0. The van der Waals surface area contributed by atoms with E-state index in [-0.39, 0.29) is 0 Å². The Balaban J connectivity index is 2.28. The van der Waals surface area contributed by atoms with Crippen LogP contribution in [-0.4, -0.2) is 0 Å². The summed E-state index contributed by atoms with van der Waals surface area (Å²) < 4.78 is 0. The van der Waals surface area contributed by atoms with Crippen LogP contribution < -0.4 is 0 Å². The van der Waals surface area contributed by atoms with Gasteiger partial charge in [0.2, 0.25) is 0 Å². The van der Waals surface area contributed by atoms with Gasteiger partial charge in [0.1, 0.15) is 0 Å². The van der Waals surface area contributed by atoms with Crippen LogP contribution in [0, 0.1) is 0 Å². The fourth-order valence-corrected chi connectivity index (χ4v) is 1.68. The molecule has 1 aliphatic carbocycles. The maximum absolute atomic E-state index is 5.24. The summed E-state index contributed by atoms with van der Waals surface area (Å²) in [5.41, 5.74) is 0. The predicted octanol–water partition coefficient (Wildman–Crippen LogP) is 2.23.